The highest BCUT2D eigenvalue weighted by Crippen LogP contribution is 2.20. The van der Waals surface area contributed by atoms with Crippen LogP contribution in [0.15, 0.2) is 10.2 Å². The van der Waals surface area contributed by atoms with Crippen LogP contribution in [0.1, 0.15) is 81.1 Å². The van der Waals surface area contributed by atoms with E-state index in [1.807, 2.05) is 0 Å². The number of carbonyl (C=O) groups excluding carboxylic acids is 2. The van der Waals surface area contributed by atoms with E-state index in [0.29, 0.717) is 0 Å². The molecule has 0 saturated carbocycles. The first-order valence-corrected chi connectivity index (χ1v) is 10.0. The first-order chi connectivity index (χ1) is 12.6. The second-order valence-electron chi connectivity index (χ2n) is 11.2. The van der Waals surface area contributed by atoms with Crippen molar-refractivity contribution in [3.63, 3.8) is 0 Å². The molecule has 0 spiro atoms. The van der Waals surface area contributed by atoms with Gasteiger partial charge in [0.2, 0.25) is 0 Å². The predicted molar refractivity (Wildman–Crippen MR) is 110 cm³/mol. The summed E-state index contributed by atoms with van der Waals surface area (Å²) in [5, 5.41) is 13.1. The van der Waals surface area contributed by atoms with Crippen molar-refractivity contribution in [3.05, 3.63) is 0 Å². The molecule has 6 N–H and O–H groups in total. The van der Waals surface area contributed by atoms with Gasteiger partial charge < -0.3 is 10.6 Å². The van der Waals surface area contributed by atoms with E-state index in [2.05, 4.69) is 87.1 Å². The minimum absolute atomic E-state index is 0.0111. The predicted octanol–water partition coefficient (Wildman–Crippen LogP) is -0.240. The molecule has 2 amide bonds. The Bertz CT molecular complexity index is 607. The van der Waals surface area contributed by atoms with Crippen LogP contribution in [0.4, 0.5) is 0 Å². The summed E-state index contributed by atoms with van der Waals surface area (Å²) in [7, 11) is 0. The fourth-order valence-electron chi connectivity index (χ4n) is 5.07. The number of hydrazone groups is 2. The number of piperidine rings is 2. The summed E-state index contributed by atoms with van der Waals surface area (Å²) in [4.78, 5) is 24.2. The highest BCUT2D eigenvalue weighted by molar-refractivity contribution is 6.35. The fourth-order valence-corrected chi connectivity index (χ4v) is 5.07. The minimum atomic E-state index is -0.789. The molecule has 2 heterocycles. The molecule has 0 radical (unpaired) electrons. The monoisotopic (exact) mass is 394 g/mol. The van der Waals surface area contributed by atoms with Gasteiger partial charge in [-0.05, 0) is 55.4 Å². The molecule has 158 valence electrons. The summed E-state index contributed by atoms with van der Waals surface area (Å²) in [5.74, 6) is -1.58. The summed E-state index contributed by atoms with van der Waals surface area (Å²) in [6, 6.07) is 0. The molecule has 0 aromatic heterocycles. The molecule has 8 heteroatoms. The molecule has 0 atom stereocenters. The molecule has 2 rings (SSSR count). The van der Waals surface area contributed by atoms with Gasteiger partial charge >= 0.3 is 11.8 Å². The summed E-state index contributed by atoms with van der Waals surface area (Å²) in [6.45, 7) is 17.2. The van der Waals surface area contributed by atoms with Crippen LogP contribution < -0.4 is 21.5 Å². The Balaban J connectivity index is 1.95. The highest BCUT2D eigenvalue weighted by Gasteiger charge is 2.41. The molecule has 8 nitrogen and oxygen atoms in total. The molecule has 0 bridgehead atoms. The van der Waals surface area contributed by atoms with Gasteiger partial charge in [0.1, 0.15) is 0 Å². The average molecular weight is 395 g/mol. The van der Waals surface area contributed by atoms with E-state index >= 15 is 0 Å². The van der Waals surface area contributed by atoms with Gasteiger partial charge in [0.15, 0.2) is 0 Å². The summed E-state index contributed by atoms with van der Waals surface area (Å²) < 4.78 is 0. The number of nitrogens with zero attached hydrogens (tertiary/aromatic N) is 2. The minimum Gasteiger partial charge on any atom is -0.337 e. The maximum atomic E-state index is 12.1. The van der Waals surface area contributed by atoms with Gasteiger partial charge in [0.25, 0.3) is 0 Å². The summed E-state index contributed by atoms with van der Waals surface area (Å²) in [5.41, 5.74) is 6.63. The maximum Gasteiger partial charge on any atom is 0.331 e. The third-order valence-electron chi connectivity index (χ3n) is 5.04. The number of hydrogen-bond donors (Lipinski definition) is 4. The van der Waals surface area contributed by atoms with Crippen LogP contribution in [0, 0.1) is 0 Å². The van der Waals surface area contributed by atoms with Crippen LogP contribution in [0.25, 0.3) is 0 Å². The summed E-state index contributed by atoms with van der Waals surface area (Å²) >= 11 is 0. The Labute approximate surface area is 168 Å². The zero-order valence-electron chi connectivity index (χ0n) is 18.7. The standard InChI is InChI=1S/C20H36N6O2/c1-17(2)9-13(10-18(3,4)25-17)21-23-15(27)16(28)24-22-14-11-19(5,6)26-20(7,8)12-14/h25-26H,9-12H2,1-8H3,(H,23,27)(H,24,28)/p+2. The molecule has 2 aliphatic rings. The second-order valence-corrected chi connectivity index (χ2v) is 11.2. The third-order valence-corrected chi connectivity index (χ3v) is 5.04. The average Bonchev–Trinajstić information content (AvgIpc) is 2.44. The van der Waals surface area contributed by atoms with E-state index in [4.69, 9.17) is 0 Å². The zero-order chi connectivity index (χ0) is 21.4. The maximum absolute atomic E-state index is 12.1. The fraction of sp³-hybridized carbons (Fsp3) is 0.800. The number of quaternary nitrogens is 2. The van der Waals surface area contributed by atoms with Gasteiger partial charge in [-0.3, -0.25) is 9.59 Å². The normalized spacial score (nSPS) is 24.9. The van der Waals surface area contributed by atoms with Gasteiger partial charge in [-0.25, -0.2) is 10.9 Å². The molecule has 0 unspecified atom stereocenters. The van der Waals surface area contributed by atoms with Gasteiger partial charge in [-0.2, -0.15) is 10.2 Å². The van der Waals surface area contributed by atoms with Crippen LogP contribution in [0.5, 0.6) is 0 Å². The Hall–Kier alpha value is -1.80. The molecule has 28 heavy (non-hydrogen) atoms. The topological polar surface area (TPSA) is 116 Å². The highest BCUT2D eigenvalue weighted by atomic mass is 16.2. The molecular formula is C20H38N6O2+2. The van der Waals surface area contributed by atoms with Gasteiger partial charge in [-0.15, -0.1) is 0 Å². The first kappa shape index (κ1) is 22.5. The van der Waals surface area contributed by atoms with E-state index in [-0.39, 0.29) is 22.2 Å². The lowest BCUT2D eigenvalue weighted by atomic mass is 9.81. The third kappa shape index (κ3) is 6.67. The molecule has 2 saturated heterocycles. The van der Waals surface area contributed by atoms with Crippen LogP contribution in [0.3, 0.4) is 0 Å². The van der Waals surface area contributed by atoms with Crippen molar-refractivity contribution < 1.29 is 20.2 Å². The van der Waals surface area contributed by atoms with Gasteiger partial charge in [-0.1, -0.05) is 0 Å². The number of amides is 2. The number of nitrogens with two attached hydrogens (primary N) is 2. The first-order valence-electron chi connectivity index (χ1n) is 10.0. The Morgan fingerprint density at radius 3 is 1.14 bits per heavy atom. The lowest BCUT2D eigenvalue weighted by Gasteiger charge is -2.39. The quantitative estimate of drug-likeness (QED) is 0.382. The van der Waals surface area contributed by atoms with E-state index < -0.39 is 11.8 Å². The van der Waals surface area contributed by atoms with E-state index in [9.17, 15) is 9.59 Å². The SMILES string of the molecule is CC1(C)CC(=NNC(=O)C(=O)NN=C2CC(C)(C)[NH2+]C(C)(C)C2)CC(C)(C)[NH2+]1. The van der Waals surface area contributed by atoms with E-state index in [1.165, 1.54) is 0 Å². The van der Waals surface area contributed by atoms with Gasteiger partial charge in [0.05, 0.1) is 33.6 Å². The van der Waals surface area contributed by atoms with Crippen LogP contribution in [-0.2, 0) is 9.59 Å². The molecule has 2 aliphatic heterocycles. The van der Waals surface area contributed by atoms with Crippen molar-refractivity contribution >= 4 is 23.2 Å². The number of rotatable bonds is 2. The van der Waals surface area contributed by atoms with Crippen molar-refractivity contribution in [2.24, 2.45) is 10.2 Å². The molecular weight excluding hydrogens is 356 g/mol. The molecule has 0 aliphatic carbocycles. The van der Waals surface area contributed by atoms with Crippen molar-refractivity contribution in [1.29, 1.82) is 0 Å². The lowest BCUT2D eigenvalue weighted by Crippen LogP contribution is -3.05. The van der Waals surface area contributed by atoms with Crippen molar-refractivity contribution in [2.75, 3.05) is 0 Å². The molecule has 0 aromatic carbocycles. The zero-order valence-corrected chi connectivity index (χ0v) is 18.7. The Morgan fingerprint density at radius 1 is 0.643 bits per heavy atom. The number of hydrogen-bond acceptors (Lipinski definition) is 4. The molecule has 2 fully saturated rings. The van der Waals surface area contributed by atoms with Crippen molar-refractivity contribution in [2.45, 2.75) is 103 Å². The second kappa shape index (κ2) is 7.55. The summed E-state index contributed by atoms with van der Waals surface area (Å²) in [6.07, 6.45) is 3.06. The van der Waals surface area contributed by atoms with E-state index in [0.717, 1.165) is 37.1 Å². The Morgan fingerprint density at radius 2 is 0.893 bits per heavy atom. The van der Waals surface area contributed by atoms with Crippen LogP contribution in [-0.4, -0.2) is 45.4 Å². The Kier molecular flexibility index (Phi) is 6.07. The smallest absolute Gasteiger partial charge is 0.331 e. The lowest BCUT2D eigenvalue weighted by molar-refractivity contribution is -0.780. The van der Waals surface area contributed by atoms with Crippen LogP contribution in [0.2, 0.25) is 0 Å². The van der Waals surface area contributed by atoms with E-state index in [1.54, 1.807) is 0 Å². The van der Waals surface area contributed by atoms with Crippen molar-refractivity contribution in [3.8, 4) is 0 Å². The van der Waals surface area contributed by atoms with Gasteiger partial charge in [0, 0.05) is 25.7 Å². The number of carbonyl (C=O) groups is 2. The largest absolute Gasteiger partial charge is 0.337 e. The molecule has 0 aromatic rings. The number of nitrogens with one attached hydrogen (secondary N) is 2. The van der Waals surface area contributed by atoms with Crippen LogP contribution >= 0.6 is 0 Å². The van der Waals surface area contributed by atoms with Crippen molar-refractivity contribution in [1.82, 2.24) is 10.9 Å².